The molecule has 0 aliphatic rings. The molecule has 0 saturated heterocycles. The van der Waals surface area contributed by atoms with Gasteiger partial charge in [0, 0.05) is 19.4 Å². The Morgan fingerprint density at radius 2 is 2.00 bits per heavy atom. The van der Waals surface area contributed by atoms with Gasteiger partial charge in [0.25, 0.3) is 0 Å². The van der Waals surface area contributed by atoms with Crippen molar-refractivity contribution in [3.63, 3.8) is 0 Å². The lowest BCUT2D eigenvalue weighted by Gasteiger charge is -2.20. The quantitative estimate of drug-likeness (QED) is 0.613. The van der Waals surface area contributed by atoms with Gasteiger partial charge in [-0.1, -0.05) is 32.9 Å². The van der Waals surface area contributed by atoms with E-state index in [1.807, 2.05) is 11.3 Å². The van der Waals surface area contributed by atoms with Gasteiger partial charge in [-0.2, -0.15) is 0 Å². The zero-order valence-corrected chi connectivity index (χ0v) is 15.3. The first kappa shape index (κ1) is 16.0. The molecule has 3 heteroatoms. The van der Waals surface area contributed by atoms with E-state index in [0.29, 0.717) is 12.0 Å². The van der Waals surface area contributed by atoms with Gasteiger partial charge in [0.15, 0.2) is 0 Å². The van der Waals surface area contributed by atoms with Gasteiger partial charge in [0.05, 0.1) is 0 Å². The van der Waals surface area contributed by atoms with Gasteiger partial charge in [0.2, 0.25) is 0 Å². The Morgan fingerprint density at radius 3 is 2.65 bits per heavy atom. The molecule has 0 aliphatic heterocycles. The summed E-state index contributed by atoms with van der Waals surface area (Å²) >= 11 is 4.29. The Balaban J connectivity index is 2.22. The fourth-order valence-corrected chi connectivity index (χ4v) is 4.08. The highest BCUT2D eigenvalue weighted by molar-refractivity contribution is 14.1. The second-order valence-electron chi connectivity index (χ2n) is 5.39. The lowest BCUT2D eigenvalue weighted by Crippen LogP contribution is -2.25. The fourth-order valence-electron chi connectivity index (χ4n) is 2.28. The Kier molecular flexibility index (Phi) is 6.05. The maximum absolute atomic E-state index is 3.67. The molecule has 1 N–H and O–H groups in total. The number of benzene rings is 1. The van der Waals surface area contributed by atoms with Crippen molar-refractivity contribution in [1.82, 2.24) is 5.32 Å². The van der Waals surface area contributed by atoms with E-state index >= 15 is 0 Å². The minimum atomic E-state index is 0.469. The van der Waals surface area contributed by atoms with Crippen LogP contribution >= 0.6 is 33.9 Å². The molecular weight excluding hydrogens is 377 g/mol. The summed E-state index contributed by atoms with van der Waals surface area (Å²) in [4.78, 5) is 2.81. The highest BCUT2D eigenvalue weighted by Gasteiger charge is 2.17. The van der Waals surface area contributed by atoms with Crippen molar-refractivity contribution in [2.24, 2.45) is 5.92 Å². The number of halogens is 1. The molecule has 2 aromatic rings. The predicted octanol–water partition coefficient (Wildman–Crippen LogP) is 5.72. The van der Waals surface area contributed by atoms with Gasteiger partial charge >= 0.3 is 0 Å². The summed E-state index contributed by atoms with van der Waals surface area (Å²) < 4.78 is 1.29. The van der Waals surface area contributed by atoms with Crippen molar-refractivity contribution in [2.75, 3.05) is 6.54 Å². The van der Waals surface area contributed by atoms with E-state index in [1.54, 1.807) is 0 Å². The van der Waals surface area contributed by atoms with Crippen molar-refractivity contribution in [3.05, 3.63) is 44.8 Å². The van der Waals surface area contributed by atoms with E-state index in [9.17, 15) is 0 Å². The maximum Gasteiger partial charge on any atom is 0.0438 e. The summed E-state index contributed by atoms with van der Waals surface area (Å²) in [6, 6.07) is 13.7. The molecule has 20 heavy (non-hydrogen) atoms. The molecule has 0 amide bonds. The lowest BCUT2D eigenvalue weighted by atomic mass is 10.0. The molecule has 1 unspecified atom stereocenters. The third kappa shape index (κ3) is 4.06. The van der Waals surface area contributed by atoms with Crippen LogP contribution in [0.15, 0.2) is 36.4 Å². The molecule has 1 nitrogen and oxygen atoms in total. The first-order valence-corrected chi connectivity index (χ1v) is 9.10. The average molecular weight is 399 g/mol. The van der Waals surface area contributed by atoms with Gasteiger partial charge < -0.3 is 5.32 Å². The van der Waals surface area contributed by atoms with Crippen molar-refractivity contribution in [2.45, 2.75) is 33.2 Å². The van der Waals surface area contributed by atoms with E-state index in [0.717, 1.165) is 6.54 Å². The van der Waals surface area contributed by atoms with Gasteiger partial charge in [-0.3, -0.25) is 0 Å². The smallest absolute Gasteiger partial charge is 0.0438 e. The lowest BCUT2D eigenvalue weighted by molar-refractivity contribution is 0.418. The zero-order chi connectivity index (χ0) is 14.5. The Labute approximate surface area is 139 Å². The first-order valence-electron chi connectivity index (χ1n) is 7.21. The van der Waals surface area contributed by atoms with E-state index in [4.69, 9.17) is 0 Å². The molecule has 0 bridgehead atoms. The summed E-state index contributed by atoms with van der Waals surface area (Å²) in [5.41, 5.74) is 1.33. The Bertz CT molecular complexity index is 547. The topological polar surface area (TPSA) is 12.0 Å². The molecule has 1 aromatic carbocycles. The zero-order valence-electron chi connectivity index (χ0n) is 12.3. The van der Waals surface area contributed by atoms with Crippen LogP contribution in [0, 0.1) is 9.49 Å². The monoisotopic (exact) mass is 399 g/mol. The second-order valence-corrected chi connectivity index (χ2v) is 7.75. The van der Waals surface area contributed by atoms with Crippen LogP contribution in [0.2, 0.25) is 0 Å². The van der Waals surface area contributed by atoms with E-state index in [-0.39, 0.29) is 0 Å². The van der Waals surface area contributed by atoms with E-state index < -0.39 is 0 Å². The van der Waals surface area contributed by atoms with Gasteiger partial charge in [0.1, 0.15) is 0 Å². The molecule has 1 heterocycles. The number of hydrogen-bond acceptors (Lipinski definition) is 2. The molecule has 108 valence electrons. The minimum absolute atomic E-state index is 0.469. The van der Waals surface area contributed by atoms with E-state index in [2.05, 4.69) is 85.1 Å². The molecular formula is C17H22INS. The molecule has 0 radical (unpaired) electrons. The third-order valence-corrected chi connectivity index (χ3v) is 5.21. The molecule has 0 spiro atoms. The summed E-state index contributed by atoms with van der Waals surface area (Å²) in [5.74, 6) is 0.615. The van der Waals surface area contributed by atoms with Gasteiger partial charge in [-0.15, -0.1) is 11.3 Å². The molecule has 0 saturated carbocycles. The van der Waals surface area contributed by atoms with Gasteiger partial charge in [-0.05, 0) is 71.3 Å². The van der Waals surface area contributed by atoms with Crippen molar-refractivity contribution < 1.29 is 0 Å². The van der Waals surface area contributed by atoms with Crippen LogP contribution in [0.1, 0.15) is 38.1 Å². The van der Waals surface area contributed by atoms with Crippen LogP contribution in [0.3, 0.4) is 0 Å². The average Bonchev–Trinajstić information content (AvgIpc) is 2.88. The van der Waals surface area contributed by atoms with Crippen LogP contribution in [0.4, 0.5) is 0 Å². The summed E-state index contributed by atoms with van der Waals surface area (Å²) in [6.07, 6.45) is 1.18. The van der Waals surface area contributed by atoms with Crippen LogP contribution in [0.5, 0.6) is 0 Å². The number of thiophene rings is 1. The maximum atomic E-state index is 3.67. The van der Waals surface area contributed by atoms with E-state index in [1.165, 1.54) is 25.3 Å². The molecule has 2 rings (SSSR count). The molecule has 0 fully saturated rings. The van der Waals surface area contributed by atoms with Crippen molar-refractivity contribution >= 4 is 33.9 Å². The SMILES string of the molecule is CCCNC(c1ccc(-c2cccc(I)c2)s1)C(C)C. The highest BCUT2D eigenvalue weighted by atomic mass is 127. The summed E-state index contributed by atoms with van der Waals surface area (Å²) in [5, 5.41) is 3.67. The second kappa shape index (κ2) is 7.57. The van der Waals surface area contributed by atoms with Crippen LogP contribution in [0.25, 0.3) is 10.4 Å². The molecule has 1 atom stereocenters. The summed E-state index contributed by atoms with van der Waals surface area (Å²) in [7, 11) is 0. The number of rotatable bonds is 6. The normalized spacial score (nSPS) is 12.8. The standard InChI is InChI=1S/C17H22INS/c1-4-10-19-17(12(2)3)16-9-8-15(20-16)13-6-5-7-14(18)11-13/h5-9,11-12,17,19H,4,10H2,1-3H3. The van der Waals surface area contributed by atoms with Gasteiger partial charge in [-0.25, -0.2) is 0 Å². The van der Waals surface area contributed by atoms with Crippen LogP contribution < -0.4 is 5.32 Å². The molecule has 0 aliphatic carbocycles. The summed E-state index contributed by atoms with van der Waals surface area (Å²) in [6.45, 7) is 7.88. The number of nitrogens with one attached hydrogen (secondary N) is 1. The fraction of sp³-hybridized carbons (Fsp3) is 0.412. The largest absolute Gasteiger partial charge is 0.309 e. The highest BCUT2D eigenvalue weighted by Crippen LogP contribution is 2.34. The predicted molar refractivity (Wildman–Crippen MR) is 98.3 cm³/mol. The first-order chi connectivity index (χ1) is 9.61. The molecule has 1 aromatic heterocycles. The van der Waals surface area contributed by atoms with Crippen LogP contribution in [-0.2, 0) is 0 Å². The Morgan fingerprint density at radius 1 is 1.20 bits per heavy atom. The van der Waals surface area contributed by atoms with Crippen molar-refractivity contribution in [1.29, 1.82) is 0 Å². The third-order valence-electron chi connectivity index (χ3n) is 3.32. The minimum Gasteiger partial charge on any atom is -0.309 e. The number of hydrogen-bond donors (Lipinski definition) is 1. The Hall–Kier alpha value is -0.390. The van der Waals surface area contributed by atoms with Crippen molar-refractivity contribution in [3.8, 4) is 10.4 Å². The van der Waals surface area contributed by atoms with Crippen LogP contribution in [-0.4, -0.2) is 6.54 Å².